The molecule has 0 saturated heterocycles. The fourth-order valence-corrected chi connectivity index (χ4v) is 2.85. The Bertz CT molecular complexity index is 787. The molecule has 0 fully saturated rings. The van der Waals surface area contributed by atoms with Crippen molar-refractivity contribution in [2.45, 2.75) is 11.4 Å². The van der Waals surface area contributed by atoms with E-state index in [0.29, 0.717) is 5.82 Å². The summed E-state index contributed by atoms with van der Waals surface area (Å²) in [6, 6.07) is 2.90. The standard InChI is InChI=1S/C11H11FN4O4S/c1-15-6-5-13-10(15)7-14-21(19,20)9-4-2-3-8(12)11(9)16(17)18/h2-6,14H,7H2,1H3. The van der Waals surface area contributed by atoms with Gasteiger partial charge in [0.15, 0.2) is 4.90 Å². The summed E-state index contributed by atoms with van der Waals surface area (Å²) >= 11 is 0. The number of nitro groups is 1. The van der Waals surface area contributed by atoms with Crippen LogP contribution >= 0.6 is 0 Å². The maximum Gasteiger partial charge on any atom is 0.324 e. The van der Waals surface area contributed by atoms with Gasteiger partial charge < -0.3 is 4.57 Å². The zero-order valence-corrected chi connectivity index (χ0v) is 11.7. The number of nitrogens with one attached hydrogen (secondary N) is 1. The highest BCUT2D eigenvalue weighted by molar-refractivity contribution is 7.89. The molecule has 0 aliphatic rings. The Balaban J connectivity index is 2.34. The smallest absolute Gasteiger partial charge is 0.324 e. The topological polar surface area (TPSA) is 107 Å². The minimum absolute atomic E-state index is 0.167. The first-order valence-electron chi connectivity index (χ1n) is 5.71. The molecule has 1 aromatic carbocycles. The first kappa shape index (κ1) is 15.1. The van der Waals surface area contributed by atoms with Crippen LogP contribution in [0.2, 0.25) is 0 Å². The highest BCUT2D eigenvalue weighted by Gasteiger charge is 2.29. The summed E-state index contributed by atoms with van der Waals surface area (Å²) in [6.45, 7) is -0.167. The second-order valence-electron chi connectivity index (χ2n) is 4.12. The van der Waals surface area contributed by atoms with E-state index < -0.39 is 31.3 Å². The van der Waals surface area contributed by atoms with Crippen molar-refractivity contribution in [3.8, 4) is 0 Å². The molecule has 0 radical (unpaired) electrons. The molecule has 1 heterocycles. The van der Waals surface area contributed by atoms with E-state index in [1.807, 2.05) is 0 Å². The minimum atomic E-state index is -4.24. The predicted molar refractivity (Wildman–Crippen MR) is 70.3 cm³/mol. The van der Waals surface area contributed by atoms with Gasteiger partial charge in [-0.05, 0) is 12.1 Å². The average molecular weight is 314 g/mol. The van der Waals surface area contributed by atoms with Crippen molar-refractivity contribution in [3.63, 3.8) is 0 Å². The van der Waals surface area contributed by atoms with E-state index in [1.54, 1.807) is 17.8 Å². The van der Waals surface area contributed by atoms with Gasteiger partial charge in [-0.1, -0.05) is 6.07 Å². The summed E-state index contributed by atoms with van der Waals surface area (Å²) in [5, 5.41) is 10.8. The van der Waals surface area contributed by atoms with Gasteiger partial charge in [-0.2, -0.15) is 4.39 Å². The van der Waals surface area contributed by atoms with Gasteiger partial charge in [-0.3, -0.25) is 10.1 Å². The highest BCUT2D eigenvalue weighted by atomic mass is 32.2. The third-order valence-corrected chi connectivity index (χ3v) is 4.20. The summed E-state index contributed by atoms with van der Waals surface area (Å²) in [6.07, 6.45) is 3.10. The molecule has 0 atom stereocenters. The SMILES string of the molecule is Cn1ccnc1CNS(=O)(=O)c1cccc(F)c1[N+](=O)[O-]. The summed E-state index contributed by atoms with van der Waals surface area (Å²) < 4.78 is 41.4. The van der Waals surface area contributed by atoms with Crippen LogP contribution < -0.4 is 4.72 Å². The third-order valence-electron chi connectivity index (χ3n) is 2.76. The fraction of sp³-hybridized carbons (Fsp3) is 0.182. The molecule has 112 valence electrons. The Morgan fingerprint density at radius 2 is 2.19 bits per heavy atom. The molecule has 1 aromatic heterocycles. The zero-order chi connectivity index (χ0) is 15.6. The Morgan fingerprint density at radius 1 is 1.48 bits per heavy atom. The van der Waals surface area contributed by atoms with Crippen LogP contribution in [0.25, 0.3) is 0 Å². The van der Waals surface area contributed by atoms with Crippen molar-refractivity contribution in [1.29, 1.82) is 0 Å². The fourth-order valence-electron chi connectivity index (χ4n) is 1.69. The van der Waals surface area contributed by atoms with E-state index in [2.05, 4.69) is 9.71 Å². The van der Waals surface area contributed by atoms with Crippen molar-refractivity contribution in [2.24, 2.45) is 7.05 Å². The largest absolute Gasteiger partial charge is 0.337 e. The van der Waals surface area contributed by atoms with Crippen LogP contribution in [-0.2, 0) is 23.6 Å². The van der Waals surface area contributed by atoms with Gasteiger partial charge in [0.25, 0.3) is 0 Å². The van der Waals surface area contributed by atoms with Gasteiger partial charge in [-0.15, -0.1) is 0 Å². The van der Waals surface area contributed by atoms with Gasteiger partial charge in [-0.25, -0.2) is 18.1 Å². The van der Waals surface area contributed by atoms with Gasteiger partial charge in [0.1, 0.15) is 5.82 Å². The summed E-state index contributed by atoms with van der Waals surface area (Å²) in [5.41, 5.74) is -1.08. The molecule has 2 aromatic rings. The normalized spacial score (nSPS) is 11.5. The summed E-state index contributed by atoms with van der Waals surface area (Å²) in [5.74, 6) is -0.794. The number of benzene rings is 1. The predicted octanol–water partition coefficient (Wildman–Crippen LogP) is 0.946. The molecule has 0 aliphatic carbocycles. The lowest BCUT2D eigenvalue weighted by atomic mass is 10.3. The molecule has 21 heavy (non-hydrogen) atoms. The molecule has 0 amide bonds. The molecule has 0 bridgehead atoms. The number of para-hydroxylation sites is 1. The van der Waals surface area contributed by atoms with Crippen molar-refractivity contribution in [1.82, 2.24) is 14.3 Å². The van der Waals surface area contributed by atoms with Crippen LogP contribution in [0.4, 0.5) is 10.1 Å². The highest BCUT2D eigenvalue weighted by Crippen LogP contribution is 2.26. The van der Waals surface area contributed by atoms with Crippen LogP contribution in [0.5, 0.6) is 0 Å². The number of imidazole rings is 1. The molecule has 1 N–H and O–H groups in total. The molecular formula is C11H11FN4O4S. The number of rotatable bonds is 5. The van der Waals surface area contributed by atoms with Crippen molar-refractivity contribution in [3.05, 3.63) is 52.3 Å². The number of aryl methyl sites for hydroxylation is 1. The number of hydrogen-bond acceptors (Lipinski definition) is 5. The molecule has 0 spiro atoms. The third kappa shape index (κ3) is 3.06. The molecular weight excluding hydrogens is 303 g/mol. The Labute approximate surface area is 119 Å². The lowest BCUT2D eigenvalue weighted by molar-refractivity contribution is -0.390. The molecule has 0 saturated carbocycles. The van der Waals surface area contributed by atoms with Crippen LogP contribution in [0.3, 0.4) is 0 Å². The molecule has 8 nitrogen and oxygen atoms in total. The molecule has 2 rings (SSSR count). The van der Waals surface area contributed by atoms with E-state index in [1.165, 1.54) is 6.20 Å². The summed E-state index contributed by atoms with van der Waals surface area (Å²) in [4.78, 5) is 13.0. The van der Waals surface area contributed by atoms with E-state index in [4.69, 9.17) is 0 Å². The second-order valence-corrected chi connectivity index (χ2v) is 5.86. The number of aromatic nitrogens is 2. The Morgan fingerprint density at radius 3 is 2.76 bits per heavy atom. The average Bonchev–Trinajstić information content (AvgIpc) is 2.81. The molecule has 10 heteroatoms. The molecule has 0 aliphatic heterocycles. The number of nitrogens with zero attached hydrogens (tertiary/aromatic N) is 3. The van der Waals surface area contributed by atoms with Crippen molar-refractivity contribution >= 4 is 15.7 Å². The summed E-state index contributed by atoms with van der Waals surface area (Å²) in [7, 11) is -2.57. The number of halogens is 1. The quantitative estimate of drug-likeness (QED) is 0.653. The lowest BCUT2D eigenvalue weighted by Gasteiger charge is -2.07. The van der Waals surface area contributed by atoms with E-state index in [0.717, 1.165) is 18.2 Å². The number of nitro benzene ring substituents is 1. The van der Waals surface area contributed by atoms with Crippen LogP contribution in [-0.4, -0.2) is 22.9 Å². The Kier molecular flexibility index (Phi) is 4.00. The van der Waals surface area contributed by atoms with Crippen LogP contribution in [0.1, 0.15) is 5.82 Å². The Hall–Kier alpha value is -2.33. The van der Waals surface area contributed by atoms with Gasteiger partial charge in [0.2, 0.25) is 15.8 Å². The van der Waals surface area contributed by atoms with E-state index in [9.17, 15) is 22.9 Å². The lowest BCUT2D eigenvalue weighted by Crippen LogP contribution is -2.25. The van der Waals surface area contributed by atoms with Crippen molar-refractivity contribution in [2.75, 3.05) is 0 Å². The zero-order valence-electron chi connectivity index (χ0n) is 10.9. The van der Waals surface area contributed by atoms with Gasteiger partial charge >= 0.3 is 5.69 Å². The monoisotopic (exact) mass is 314 g/mol. The second kappa shape index (κ2) is 5.58. The van der Waals surface area contributed by atoms with E-state index in [-0.39, 0.29) is 6.54 Å². The van der Waals surface area contributed by atoms with E-state index >= 15 is 0 Å². The number of hydrogen-bond donors (Lipinski definition) is 1. The maximum atomic E-state index is 13.5. The van der Waals surface area contributed by atoms with Crippen LogP contribution in [0, 0.1) is 15.9 Å². The van der Waals surface area contributed by atoms with Crippen LogP contribution in [0.15, 0.2) is 35.5 Å². The number of sulfonamides is 1. The first-order chi connectivity index (χ1) is 9.83. The molecule has 0 unspecified atom stereocenters. The minimum Gasteiger partial charge on any atom is -0.337 e. The van der Waals surface area contributed by atoms with Gasteiger partial charge in [0.05, 0.1) is 11.5 Å². The van der Waals surface area contributed by atoms with Gasteiger partial charge in [0, 0.05) is 19.4 Å². The maximum absolute atomic E-state index is 13.5. The first-order valence-corrected chi connectivity index (χ1v) is 7.20. The van der Waals surface area contributed by atoms with Crippen molar-refractivity contribution < 1.29 is 17.7 Å².